The second-order valence-corrected chi connectivity index (χ2v) is 4.84. The van der Waals surface area contributed by atoms with Crippen LogP contribution in [0.1, 0.15) is 6.42 Å². The molecule has 1 unspecified atom stereocenters. The standard InChI is InChI=1S/C13H15N3O6/c1-22-11-3-2-9(16(20)21)6-10(11)14-13(19)15-5-4-8(7-15)12(17)18/h2-3,6,8H,4-5,7H2,1H3,(H,14,19)(H,17,18). The molecule has 1 aliphatic heterocycles. The van der Waals surface area contributed by atoms with E-state index in [0.29, 0.717) is 13.0 Å². The van der Waals surface area contributed by atoms with E-state index in [1.165, 1.54) is 30.2 Å². The molecular weight excluding hydrogens is 294 g/mol. The summed E-state index contributed by atoms with van der Waals surface area (Å²) in [7, 11) is 1.38. The van der Waals surface area contributed by atoms with E-state index in [1.807, 2.05) is 0 Å². The van der Waals surface area contributed by atoms with E-state index in [9.17, 15) is 19.7 Å². The number of nitrogens with one attached hydrogen (secondary N) is 1. The topological polar surface area (TPSA) is 122 Å². The molecule has 118 valence electrons. The number of amides is 2. The summed E-state index contributed by atoms with van der Waals surface area (Å²) in [5, 5.41) is 22.2. The third-order valence-electron chi connectivity index (χ3n) is 3.46. The molecule has 0 aliphatic carbocycles. The summed E-state index contributed by atoms with van der Waals surface area (Å²) in [5.41, 5.74) is -0.0126. The first kappa shape index (κ1) is 15.5. The molecule has 1 atom stereocenters. The van der Waals surface area contributed by atoms with Crippen LogP contribution in [0.5, 0.6) is 5.75 Å². The maximum absolute atomic E-state index is 12.1. The van der Waals surface area contributed by atoms with Crippen LogP contribution in [0.25, 0.3) is 0 Å². The molecule has 0 bridgehead atoms. The SMILES string of the molecule is COc1ccc([N+](=O)[O-])cc1NC(=O)N1CCC(C(=O)O)C1. The number of carbonyl (C=O) groups is 2. The predicted octanol–water partition coefficient (Wildman–Crippen LogP) is 1.54. The lowest BCUT2D eigenvalue weighted by molar-refractivity contribution is -0.384. The van der Waals surface area contributed by atoms with Gasteiger partial charge in [0.1, 0.15) is 5.75 Å². The Morgan fingerprint density at radius 2 is 2.23 bits per heavy atom. The lowest BCUT2D eigenvalue weighted by atomic mass is 10.1. The van der Waals surface area contributed by atoms with Crippen molar-refractivity contribution in [3.05, 3.63) is 28.3 Å². The second kappa shape index (κ2) is 6.29. The summed E-state index contributed by atoms with van der Waals surface area (Å²) in [6, 6.07) is 3.34. The molecule has 0 radical (unpaired) electrons. The molecule has 9 nitrogen and oxygen atoms in total. The number of urea groups is 1. The van der Waals surface area contributed by atoms with E-state index in [4.69, 9.17) is 9.84 Å². The molecular formula is C13H15N3O6. The van der Waals surface area contributed by atoms with Gasteiger partial charge in [0.2, 0.25) is 0 Å². The maximum Gasteiger partial charge on any atom is 0.321 e. The molecule has 1 heterocycles. The van der Waals surface area contributed by atoms with Gasteiger partial charge in [-0.1, -0.05) is 0 Å². The van der Waals surface area contributed by atoms with Crippen LogP contribution in [-0.2, 0) is 4.79 Å². The van der Waals surface area contributed by atoms with Crippen molar-refractivity contribution in [2.75, 3.05) is 25.5 Å². The number of hydrogen-bond donors (Lipinski definition) is 2. The maximum atomic E-state index is 12.1. The molecule has 1 aliphatic rings. The van der Waals surface area contributed by atoms with E-state index in [2.05, 4.69) is 5.32 Å². The van der Waals surface area contributed by atoms with Crippen LogP contribution in [0.2, 0.25) is 0 Å². The normalized spacial score (nSPS) is 17.1. The third kappa shape index (κ3) is 3.25. The smallest absolute Gasteiger partial charge is 0.321 e. The minimum Gasteiger partial charge on any atom is -0.495 e. The minimum atomic E-state index is -0.941. The number of anilines is 1. The number of methoxy groups -OCH3 is 1. The van der Waals surface area contributed by atoms with Crippen molar-refractivity contribution in [1.82, 2.24) is 4.90 Å². The zero-order valence-corrected chi connectivity index (χ0v) is 11.8. The fraction of sp³-hybridized carbons (Fsp3) is 0.385. The van der Waals surface area contributed by atoms with Gasteiger partial charge in [-0.25, -0.2) is 4.79 Å². The number of carbonyl (C=O) groups excluding carboxylic acids is 1. The second-order valence-electron chi connectivity index (χ2n) is 4.84. The molecule has 1 fully saturated rings. The van der Waals surface area contributed by atoms with E-state index in [1.54, 1.807) is 0 Å². The number of likely N-dealkylation sites (tertiary alicyclic amines) is 1. The van der Waals surface area contributed by atoms with Crippen molar-refractivity contribution in [3.63, 3.8) is 0 Å². The van der Waals surface area contributed by atoms with Gasteiger partial charge in [-0.3, -0.25) is 14.9 Å². The molecule has 22 heavy (non-hydrogen) atoms. The highest BCUT2D eigenvalue weighted by Gasteiger charge is 2.31. The van der Waals surface area contributed by atoms with Gasteiger partial charge in [0.25, 0.3) is 5.69 Å². The van der Waals surface area contributed by atoms with Gasteiger partial charge in [0.15, 0.2) is 0 Å². The number of hydrogen-bond acceptors (Lipinski definition) is 5. The molecule has 2 amide bonds. The van der Waals surface area contributed by atoms with Gasteiger partial charge in [0, 0.05) is 25.2 Å². The number of non-ortho nitro benzene ring substituents is 1. The number of nitro groups is 1. The van der Waals surface area contributed by atoms with E-state index >= 15 is 0 Å². The number of ether oxygens (including phenoxy) is 1. The van der Waals surface area contributed by atoms with Crippen LogP contribution in [0.3, 0.4) is 0 Å². The number of benzene rings is 1. The van der Waals surface area contributed by atoms with E-state index in [-0.39, 0.29) is 23.7 Å². The molecule has 2 rings (SSSR count). The Labute approximate surface area is 125 Å². The van der Waals surface area contributed by atoms with Crippen molar-refractivity contribution in [2.24, 2.45) is 5.92 Å². The largest absolute Gasteiger partial charge is 0.495 e. The number of carboxylic acid groups (broad SMARTS) is 1. The molecule has 0 spiro atoms. The molecule has 0 aromatic heterocycles. The third-order valence-corrected chi connectivity index (χ3v) is 3.46. The zero-order valence-electron chi connectivity index (χ0n) is 11.8. The Morgan fingerprint density at radius 1 is 1.50 bits per heavy atom. The zero-order chi connectivity index (χ0) is 16.3. The molecule has 1 aromatic rings. The summed E-state index contributed by atoms with van der Waals surface area (Å²) >= 11 is 0. The Hall–Kier alpha value is -2.84. The number of carboxylic acids is 1. The Kier molecular flexibility index (Phi) is 4.44. The number of rotatable bonds is 4. The van der Waals surface area contributed by atoms with Crippen molar-refractivity contribution in [3.8, 4) is 5.75 Å². The highest BCUT2D eigenvalue weighted by Crippen LogP contribution is 2.29. The van der Waals surface area contributed by atoms with Crippen molar-refractivity contribution < 1.29 is 24.4 Å². The lowest BCUT2D eigenvalue weighted by Gasteiger charge is -2.17. The first-order valence-electron chi connectivity index (χ1n) is 6.53. The molecule has 1 aromatic carbocycles. The monoisotopic (exact) mass is 309 g/mol. The van der Waals surface area contributed by atoms with Crippen molar-refractivity contribution in [1.29, 1.82) is 0 Å². The summed E-state index contributed by atoms with van der Waals surface area (Å²) in [5.74, 6) is -1.24. The van der Waals surface area contributed by atoms with Gasteiger partial charge in [-0.2, -0.15) is 0 Å². The van der Waals surface area contributed by atoms with Gasteiger partial charge < -0.3 is 20.1 Å². The number of aliphatic carboxylic acids is 1. The van der Waals surface area contributed by atoms with Gasteiger partial charge in [-0.15, -0.1) is 0 Å². The number of nitrogens with zero attached hydrogens (tertiary/aromatic N) is 2. The average Bonchev–Trinajstić information content (AvgIpc) is 2.97. The quantitative estimate of drug-likeness (QED) is 0.642. The first-order chi connectivity index (χ1) is 10.4. The fourth-order valence-corrected chi connectivity index (χ4v) is 2.25. The highest BCUT2D eigenvalue weighted by atomic mass is 16.6. The van der Waals surface area contributed by atoms with Crippen LogP contribution in [0.4, 0.5) is 16.2 Å². The average molecular weight is 309 g/mol. The Morgan fingerprint density at radius 3 is 2.77 bits per heavy atom. The molecule has 0 saturated carbocycles. The van der Waals surface area contributed by atoms with Gasteiger partial charge in [0.05, 0.1) is 23.6 Å². The van der Waals surface area contributed by atoms with Crippen LogP contribution in [-0.4, -0.2) is 47.1 Å². The molecule has 2 N–H and O–H groups in total. The van der Waals surface area contributed by atoms with Crippen molar-refractivity contribution >= 4 is 23.4 Å². The van der Waals surface area contributed by atoms with Gasteiger partial charge in [-0.05, 0) is 12.5 Å². The summed E-state index contributed by atoms with van der Waals surface area (Å²) in [4.78, 5) is 34.6. The number of nitro benzene ring substituents is 1. The summed E-state index contributed by atoms with van der Waals surface area (Å²) < 4.78 is 5.05. The molecule has 1 saturated heterocycles. The predicted molar refractivity (Wildman–Crippen MR) is 76.0 cm³/mol. The van der Waals surface area contributed by atoms with Gasteiger partial charge >= 0.3 is 12.0 Å². The molecule has 9 heteroatoms. The fourth-order valence-electron chi connectivity index (χ4n) is 2.25. The van der Waals surface area contributed by atoms with Crippen LogP contribution >= 0.6 is 0 Å². The Bertz CT molecular complexity index is 618. The summed E-state index contributed by atoms with van der Waals surface area (Å²) in [6.45, 7) is 0.429. The minimum absolute atomic E-state index is 0.110. The van der Waals surface area contributed by atoms with Crippen LogP contribution in [0, 0.1) is 16.0 Å². The lowest BCUT2D eigenvalue weighted by Crippen LogP contribution is -2.33. The van der Waals surface area contributed by atoms with Crippen LogP contribution in [0.15, 0.2) is 18.2 Å². The van der Waals surface area contributed by atoms with Crippen molar-refractivity contribution in [2.45, 2.75) is 6.42 Å². The Balaban J connectivity index is 2.12. The first-order valence-corrected chi connectivity index (χ1v) is 6.53. The summed E-state index contributed by atoms with van der Waals surface area (Å²) in [6.07, 6.45) is 0.384. The van der Waals surface area contributed by atoms with E-state index in [0.717, 1.165) is 0 Å². The van der Waals surface area contributed by atoms with Crippen LogP contribution < -0.4 is 10.1 Å². The van der Waals surface area contributed by atoms with E-state index < -0.39 is 22.8 Å². The highest BCUT2D eigenvalue weighted by molar-refractivity contribution is 5.92.